The molecule has 1 aliphatic heterocycles. The van der Waals surface area contributed by atoms with Crippen LogP contribution in [0.4, 0.5) is 0 Å². The highest BCUT2D eigenvalue weighted by molar-refractivity contribution is 5.85. The van der Waals surface area contributed by atoms with Crippen molar-refractivity contribution in [2.45, 2.75) is 45.6 Å². The Morgan fingerprint density at radius 3 is 2.33 bits per heavy atom. The van der Waals surface area contributed by atoms with Crippen LogP contribution in [0, 0.1) is 5.41 Å². The Balaban J connectivity index is 0.00000289. The van der Waals surface area contributed by atoms with Gasteiger partial charge in [-0.3, -0.25) is 4.79 Å². The summed E-state index contributed by atoms with van der Waals surface area (Å²) in [6.45, 7) is 8.95. The summed E-state index contributed by atoms with van der Waals surface area (Å²) >= 11 is 0. The number of ether oxygens (including phenoxy) is 1. The maximum Gasteiger partial charge on any atom is 0.252 e. The van der Waals surface area contributed by atoms with Crippen LogP contribution in [0.2, 0.25) is 0 Å². The number of piperidine rings is 1. The lowest BCUT2D eigenvalue weighted by molar-refractivity contribution is -0.146. The highest BCUT2D eigenvalue weighted by Crippen LogP contribution is 2.23. The largest absolute Gasteiger partial charge is 0.368 e. The molecule has 18 heavy (non-hydrogen) atoms. The summed E-state index contributed by atoms with van der Waals surface area (Å²) in [5.74, 6) is 0.0470. The zero-order valence-corrected chi connectivity index (χ0v) is 12.8. The number of carbonyl (C=O) groups excluding carboxylic acids is 1. The molecule has 0 bridgehead atoms. The van der Waals surface area contributed by atoms with E-state index < -0.39 is 5.60 Å². The molecule has 0 saturated carbocycles. The molecular formula is C13H27ClN2O2. The minimum atomic E-state index is -0.608. The van der Waals surface area contributed by atoms with Gasteiger partial charge in [0.05, 0.1) is 0 Å². The first-order valence-electron chi connectivity index (χ1n) is 6.44. The highest BCUT2D eigenvalue weighted by atomic mass is 35.5. The summed E-state index contributed by atoms with van der Waals surface area (Å²) in [6, 6.07) is 0. The van der Waals surface area contributed by atoms with Crippen LogP contribution in [0.15, 0.2) is 0 Å². The summed E-state index contributed by atoms with van der Waals surface area (Å²) in [4.78, 5) is 12.2. The Labute approximate surface area is 117 Å². The van der Waals surface area contributed by atoms with Crippen LogP contribution in [-0.2, 0) is 9.53 Å². The zero-order chi connectivity index (χ0) is 12.9. The molecule has 0 aliphatic carbocycles. The first-order chi connectivity index (χ1) is 7.90. The molecule has 0 aromatic heterocycles. The predicted octanol–water partition coefficient (Wildman–Crippen LogP) is 1.73. The molecule has 0 spiro atoms. The van der Waals surface area contributed by atoms with Gasteiger partial charge in [-0.25, -0.2) is 0 Å². The van der Waals surface area contributed by atoms with Gasteiger partial charge in [0.1, 0.15) is 5.60 Å². The number of methoxy groups -OCH3 is 1. The van der Waals surface area contributed by atoms with Gasteiger partial charge in [0.25, 0.3) is 5.91 Å². The van der Waals surface area contributed by atoms with Gasteiger partial charge >= 0.3 is 0 Å². The predicted molar refractivity (Wildman–Crippen MR) is 76.2 cm³/mol. The van der Waals surface area contributed by atoms with Crippen LogP contribution >= 0.6 is 12.4 Å². The van der Waals surface area contributed by atoms with E-state index in [0.29, 0.717) is 0 Å². The second-order valence-corrected chi connectivity index (χ2v) is 6.01. The molecule has 1 amide bonds. The summed E-state index contributed by atoms with van der Waals surface area (Å²) in [5, 5.41) is 6.26. The Hall–Kier alpha value is -0.320. The molecule has 1 fully saturated rings. The van der Waals surface area contributed by atoms with Crippen LogP contribution < -0.4 is 10.6 Å². The van der Waals surface area contributed by atoms with Gasteiger partial charge in [-0.05, 0) is 37.8 Å². The van der Waals surface area contributed by atoms with Crippen molar-refractivity contribution in [2.75, 3.05) is 26.7 Å². The maximum absolute atomic E-state index is 12.2. The summed E-state index contributed by atoms with van der Waals surface area (Å²) in [5.41, 5.74) is -0.356. The number of nitrogens with one attached hydrogen (secondary N) is 2. The fraction of sp³-hybridized carbons (Fsp3) is 0.923. The minimum absolute atomic E-state index is 0. The number of halogens is 1. The molecule has 1 saturated heterocycles. The molecule has 4 nitrogen and oxygen atoms in total. The molecule has 1 rings (SSSR count). The summed E-state index contributed by atoms with van der Waals surface area (Å²) in [6.07, 6.45) is 2.49. The van der Waals surface area contributed by atoms with E-state index in [1.165, 1.54) is 0 Å². The standard InChI is InChI=1S/C13H26N2O2.ClH/c1-12(2,3)5-10-15-11(16)13(17-4)6-8-14-9-7-13;/h14H,5-10H2,1-4H3,(H,15,16);1H. The lowest BCUT2D eigenvalue weighted by atomic mass is 9.90. The molecule has 0 aromatic carbocycles. The molecule has 5 heteroatoms. The SMILES string of the molecule is COC1(C(=O)NCCC(C)(C)C)CCNCC1.Cl. The summed E-state index contributed by atoms with van der Waals surface area (Å²) < 4.78 is 5.47. The van der Waals surface area contributed by atoms with E-state index in [9.17, 15) is 4.79 Å². The Kier molecular flexibility index (Phi) is 7.18. The van der Waals surface area contributed by atoms with Gasteiger partial charge in [0, 0.05) is 13.7 Å². The molecule has 0 radical (unpaired) electrons. The molecular weight excluding hydrogens is 252 g/mol. The summed E-state index contributed by atoms with van der Waals surface area (Å²) in [7, 11) is 1.63. The van der Waals surface area contributed by atoms with E-state index in [2.05, 4.69) is 31.4 Å². The number of carbonyl (C=O) groups is 1. The number of hydrogen-bond acceptors (Lipinski definition) is 3. The third-order valence-electron chi connectivity index (χ3n) is 3.38. The van der Waals surface area contributed by atoms with Crippen LogP contribution in [0.3, 0.4) is 0 Å². The van der Waals surface area contributed by atoms with Crippen LogP contribution in [0.25, 0.3) is 0 Å². The average Bonchev–Trinajstić information content (AvgIpc) is 2.28. The smallest absolute Gasteiger partial charge is 0.252 e. The number of rotatable bonds is 4. The van der Waals surface area contributed by atoms with E-state index in [1.54, 1.807) is 7.11 Å². The van der Waals surface area contributed by atoms with Gasteiger partial charge in [0.15, 0.2) is 0 Å². The number of hydrogen-bond donors (Lipinski definition) is 2. The second-order valence-electron chi connectivity index (χ2n) is 6.01. The topological polar surface area (TPSA) is 50.4 Å². The van der Waals surface area contributed by atoms with Gasteiger partial charge < -0.3 is 15.4 Å². The Bertz CT molecular complexity index is 258. The molecule has 1 heterocycles. The molecule has 108 valence electrons. The second kappa shape index (κ2) is 7.31. The van der Waals surface area contributed by atoms with Crippen molar-refractivity contribution in [1.29, 1.82) is 0 Å². The van der Waals surface area contributed by atoms with Crippen molar-refractivity contribution in [3.63, 3.8) is 0 Å². The molecule has 1 aliphatic rings. The maximum atomic E-state index is 12.2. The van der Waals surface area contributed by atoms with Gasteiger partial charge in [0.2, 0.25) is 0 Å². The third-order valence-corrected chi connectivity index (χ3v) is 3.38. The van der Waals surface area contributed by atoms with E-state index in [0.717, 1.165) is 38.9 Å². The van der Waals surface area contributed by atoms with Crippen molar-refractivity contribution in [3.05, 3.63) is 0 Å². The van der Waals surface area contributed by atoms with Crippen molar-refractivity contribution >= 4 is 18.3 Å². The Morgan fingerprint density at radius 2 is 1.89 bits per heavy atom. The third kappa shape index (κ3) is 5.12. The Morgan fingerprint density at radius 1 is 1.33 bits per heavy atom. The van der Waals surface area contributed by atoms with Gasteiger partial charge in [-0.15, -0.1) is 12.4 Å². The van der Waals surface area contributed by atoms with E-state index in [4.69, 9.17) is 4.74 Å². The van der Waals surface area contributed by atoms with Crippen molar-refractivity contribution < 1.29 is 9.53 Å². The fourth-order valence-electron chi connectivity index (χ4n) is 2.07. The molecule has 0 aromatic rings. The molecule has 0 unspecified atom stereocenters. The highest BCUT2D eigenvalue weighted by Gasteiger charge is 2.39. The monoisotopic (exact) mass is 278 g/mol. The average molecular weight is 279 g/mol. The van der Waals surface area contributed by atoms with Crippen LogP contribution in [0.5, 0.6) is 0 Å². The van der Waals surface area contributed by atoms with Crippen molar-refractivity contribution in [2.24, 2.45) is 5.41 Å². The lowest BCUT2D eigenvalue weighted by Crippen LogP contribution is -2.54. The van der Waals surface area contributed by atoms with E-state index in [1.807, 2.05) is 0 Å². The van der Waals surface area contributed by atoms with Crippen molar-refractivity contribution in [1.82, 2.24) is 10.6 Å². The van der Waals surface area contributed by atoms with Crippen molar-refractivity contribution in [3.8, 4) is 0 Å². The van der Waals surface area contributed by atoms with Crippen LogP contribution in [-0.4, -0.2) is 38.3 Å². The minimum Gasteiger partial charge on any atom is -0.368 e. The normalized spacial score (nSPS) is 18.9. The first-order valence-corrected chi connectivity index (χ1v) is 6.44. The fourth-order valence-corrected chi connectivity index (χ4v) is 2.07. The van der Waals surface area contributed by atoms with Gasteiger partial charge in [-0.1, -0.05) is 20.8 Å². The molecule has 2 N–H and O–H groups in total. The van der Waals surface area contributed by atoms with E-state index >= 15 is 0 Å². The first kappa shape index (κ1) is 17.7. The van der Waals surface area contributed by atoms with Crippen LogP contribution in [0.1, 0.15) is 40.0 Å². The van der Waals surface area contributed by atoms with E-state index in [-0.39, 0.29) is 23.7 Å². The molecule has 0 atom stereocenters. The quantitative estimate of drug-likeness (QED) is 0.823. The number of amides is 1. The van der Waals surface area contributed by atoms with Gasteiger partial charge in [-0.2, -0.15) is 0 Å². The lowest BCUT2D eigenvalue weighted by Gasteiger charge is -2.35. The zero-order valence-electron chi connectivity index (χ0n) is 12.0.